The van der Waals surface area contributed by atoms with Crippen molar-refractivity contribution in [3.05, 3.63) is 34.9 Å². The number of carbonyl (C=O) groups is 1. The summed E-state index contributed by atoms with van der Waals surface area (Å²) in [5.74, 6) is 0.721. The molecule has 0 spiro atoms. The Morgan fingerprint density at radius 2 is 2.00 bits per heavy atom. The second kappa shape index (κ2) is 5.74. The molecule has 2 aliphatic rings. The first kappa shape index (κ1) is 15.3. The van der Waals surface area contributed by atoms with Gasteiger partial charge in [-0.15, -0.1) is 12.4 Å². The molecule has 1 aliphatic heterocycles. The molecule has 1 aromatic carbocycles. The minimum atomic E-state index is 0. The molecule has 1 heterocycles. The van der Waals surface area contributed by atoms with Crippen LogP contribution in [0.3, 0.4) is 0 Å². The van der Waals surface area contributed by atoms with E-state index in [9.17, 15) is 4.79 Å². The molecule has 1 aliphatic carbocycles. The zero-order chi connectivity index (χ0) is 13.5. The number of hydrogen-bond acceptors (Lipinski definition) is 2. The standard InChI is InChI=1S/C16H22N2O.ClH/c1-11(2)16(5-6-16)10-18-15(19)12-3-4-13-8-17-9-14(13)7-12;/h3-4,7,11,17H,5-6,8-10H2,1-2H3,(H,18,19);1H. The summed E-state index contributed by atoms with van der Waals surface area (Å²) in [6, 6.07) is 6.04. The highest BCUT2D eigenvalue weighted by Crippen LogP contribution is 2.51. The maximum Gasteiger partial charge on any atom is 0.251 e. The molecule has 0 bridgehead atoms. The Bertz CT molecular complexity index is 509. The Kier molecular flexibility index (Phi) is 4.40. The van der Waals surface area contributed by atoms with E-state index in [1.54, 1.807) is 0 Å². The molecule has 0 radical (unpaired) electrons. The number of carbonyl (C=O) groups excluding carboxylic acids is 1. The van der Waals surface area contributed by atoms with Gasteiger partial charge in [0.05, 0.1) is 0 Å². The molecule has 1 aromatic rings. The molecule has 110 valence electrons. The Labute approximate surface area is 126 Å². The highest BCUT2D eigenvalue weighted by molar-refractivity contribution is 5.94. The van der Waals surface area contributed by atoms with Gasteiger partial charge in [0.2, 0.25) is 0 Å². The fraction of sp³-hybridized carbons (Fsp3) is 0.562. The summed E-state index contributed by atoms with van der Waals surface area (Å²) in [5.41, 5.74) is 3.74. The average molecular weight is 295 g/mol. The smallest absolute Gasteiger partial charge is 0.251 e. The van der Waals surface area contributed by atoms with Crippen LogP contribution in [0.1, 0.15) is 48.2 Å². The van der Waals surface area contributed by atoms with Crippen LogP contribution in [0.15, 0.2) is 18.2 Å². The first-order chi connectivity index (χ1) is 9.11. The van der Waals surface area contributed by atoms with Crippen molar-refractivity contribution in [1.29, 1.82) is 0 Å². The fourth-order valence-electron chi connectivity index (χ4n) is 2.91. The van der Waals surface area contributed by atoms with E-state index in [2.05, 4.69) is 30.5 Å². The van der Waals surface area contributed by atoms with E-state index in [1.165, 1.54) is 24.0 Å². The Balaban J connectivity index is 0.00000147. The van der Waals surface area contributed by atoms with Crippen molar-refractivity contribution in [3.63, 3.8) is 0 Å². The van der Waals surface area contributed by atoms with Crippen molar-refractivity contribution >= 4 is 18.3 Å². The number of hydrogen-bond donors (Lipinski definition) is 2. The quantitative estimate of drug-likeness (QED) is 0.896. The highest BCUT2D eigenvalue weighted by Gasteiger charge is 2.45. The van der Waals surface area contributed by atoms with Crippen LogP contribution < -0.4 is 10.6 Å². The first-order valence-electron chi connectivity index (χ1n) is 7.21. The molecule has 1 saturated carbocycles. The van der Waals surface area contributed by atoms with Gasteiger partial charge in [-0.2, -0.15) is 0 Å². The molecule has 20 heavy (non-hydrogen) atoms. The topological polar surface area (TPSA) is 41.1 Å². The minimum absolute atomic E-state index is 0. The lowest BCUT2D eigenvalue weighted by Gasteiger charge is -2.20. The lowest BCUT2D eigenvalue weighted by Crippen LogP contribution is -2.32. The van der Waals surface area contributed by atoms with Crippen LogP contribution in [0.2, 0.25) is 0 Å². The first-order valence-corrected chi connectivity index (χ1v) is 7.21. The van der Waals surface area contributed by atoms with Gasteiger partial charge in [0.15, 0.2) is 0 Å². The van der Waals surface area contributed by atoms with Gasteiger partial charge in [0.25, 0.3) is 5.91 Å². The van der Waals surface area contributed by atoms with E-state index in [0.717, 1.165) is 25.2 Å². The van der Waals surface area contributed by atoms with Crippen molar-refractivity contribution < 1.29 is 4.79 Å². The zero-order valence-electron chi connectivity index (χ0n) is 12.2. The fourth-order valence-corrected chi connectivity index (χ4v) is 2.91. The predicted molar refractivity (Wildman–Crippen MR) is 83.1 cm³/mol. The van der Waals surface area contributed by atoms with E-state index in [0.29, 0.717) is 11.3 Å². The van der Waals surface area contributed by atoms with Gasteiger partial charge < -0.3 is 10.6 Å². The summed E-state index contributed by atoms with van der Waals surface area (Å²) in [6.45, 7) is 7.12. The van der Waals surface area contributed by atoms with Crippen molar-refractivity contribution in [1.82, 2.24) is 10.6 Å². The van der Waals surface area contributed by atoms with E-state index < -0.39 is 0 Å². The molecular formula is C16H23ClN2O. The second-order valence-electron chi connectivity index (χ2n) is 6.29. The number of rotatable bonds is 4. The van der Waals surface area contributed by atoms with Gasteiger partial charge in [0, 0.05) is 25.2 Å². The third kappa shape index (κ3) is 2.84. The summed E-state index contributed by atoms with van der Waals surface area (Å²) in [5, 5.41) is 6.42. The van der Waals surface area contributed by atoms with Gasteiger partial charge >= 0.3 is 0 Å². The van der Waals surface area contributed by atoms with Gasteiger partial charge in [-0.1, -0.05) is 19.9 Å². The van der Waals surface area contributed by atoms with Crippen LogP contribution >= 0.6 is 12.4 Å². The molecule has 3 nitrogen and oxygen atoms in total. The molecule has 0 aromatic heterocycles. The maximum absolute atomic E-state index is 12.2. The second-order valence-corrected chi connectivity index (χ2v) is 6.29. The molecule has 4 heteroatoms. The molecular weight excluding hydrogens is 272 g/mol. The largest absolute Gasteiger partial charge is 0.351 e. The summed E-state index contributed by atoms with van der Waals surface area (Å²) in [6.07, 6.45) is 2.50. The Morgan fingerprint density at radius 3 is 2.65 bits per heavy atom. The summed E-state index contributed by atoms with van der Waals surface area (Å²) >= 11 is 0. The highest BCUT2D eigenvalue weighted by atomic mass is 35.5. The molecule has 0 atom stereocenters. The Morgan fingerprint density at radius 1 is 1.30 bits per heavy atom. The molecule has 0 unspecified atom stereocenters. The van der Waals surface area contributed by atoms with Crippen LogP contribution in [0.25, 0.3) is 0 Å². The maximum atomic E-state index is 12.2. The van der Waals surface area contributed by atoms with Crippen LogP contribution in [0.4, 0.5) is 0 Å². The average Bonchev–Trinajstić information content (AvgIpc) is 3.06. The number of fused-ring (bicyclic) bond motifs is 1. The van der Waals surface area contributed by atoms with Gasteiger partial charge in [0.1, 0.15) is 0 Å². The van der Waals surface area contributed by atoms with Crippen LogP contribution in [-0.2, 0) is 13.1 Å². The number of halogens is 1. The van der Waals surface area contributed by atoms with Gasteiger partial charge in [-0.25, -0.2) is 0 Å². The monoisotopic (exact) mass is 294 g/mol. The molecule has 0 saturated heterocycles. The number of amides is 1. The van der Waals surface area contributed by atoms with E-state index in [-0.39, 0.29) is 18.3 Å². The van der Waals surface area contributed by atoms with Crippen molar-refractivity contribution in [3.8, 4) is 0 Å². The lowest BCUT2D eigenvalue weighted by molar-refractivity contribution is 0.0939. The van der Waals surface area contributed by atoms with E-state index >= 15 is 0 Å². The van der Waals surface area contributed by atoms with Crippen LogP contribution in [0.5, 0.6) is 0 Å². The third-order valence-electron chi connectivity index (χ3n) is 4.82. The Hall–Kier alpha value is -1.06. The van der Waals surface area contributed by atoms with Crippen molar-refractivity contribution in [2.75, 3.05) is 6.54 Å². The van der Waals surface area contributed by atoms with E-state index in [1.807, 2.05) is 12.1 Å². The lowest BCUT2D eigenvalue weighted by atomic mass is 9.92. The van der Waals surface area contributed by atoms with Crippen LogP contribution in [-0.4, -0.2) is 12.5 Å². The van der Waals surface area contributed by atoms with E-state index in [4.69, 9.17) is 0 Å². The third-order valence-corrected chi connectivity index (χ3v) is 4.82. The normalized spacial score (nSPS) is 18.4. The minimum Gasteiger partial charge on any atom is -0.351 e. The van der Waals surface area contributed by atoms with Crippen LogP contribution in [0, 0.1) is 11.3 Å². The van der Waals surface area contributed by atoms with Gasteiger partial charge in [-0.05, 0) is 47.4 Å². The molecule has 3 rings (SSSR count). The summed E-state index contributed by atoms with van der Waals surface area (Å²) in [7, 11) is 0. The molecule has 1 fully saturated rings. The van der Waals surface area contributed by atoms with Gasteiger partial charge in [-0.3, -0.25) is 4.79 Å². The van der Waals surface area contributed by atoms with Crippen molar-refractivity contribution in [2.45, 2.75) is 39.8 Å². The molecule has 1 amide bonds. The number of nitrogens with one attached hydrogen (secondary N) is 2. The summed E-state index contributed by atoms with van der Waals surface area (Å²) < 4.78 is 0. The zero-order valence-corrected chi connectivity index (χ0v) is 13.0. The van der Waals surface area contributed by atoms with Crippen molar-refractivity contribution in [2.24, 2.45) is 11.3 Å². The molecule has 2 N–H and O–H groups in total. The SMILES string of the molecule is CC(C)C1(CNC(=O)c2ccc3c(c2)CNC3)CC1.Cl. The summed E-state index contributed by atoms with van der Waals surface area (Å²) in [4.78, 5) is 12.2. The number of benzene rings is 1. The predicted octanol–water partition coefficient (Wildman–Crippen LogP) is 2.88.